The van der Waals surface area contributed by atoms with Crippen molar-refractivity contribution >= 4 is 33.3 Å². The zero-order valence-corrected chi connectivity index (χ0v) is 12.2. The van der Waals surface area contributed by atoms with E-state index in [9.17, 15) is 13.2 Å². The standard InChI is InChI=1S/C11H15ClN2O4S/c1-3-18-11(15)7-14(2)19(16,17)10-5-4-8(12)6-9(10)13/h4-6H,3,7,13H2,1-2H3. The highest BCUT2D eigenvalue weighted by Gasteiger charge is 2.25. The molecular formula is C11H15ClN2O4S. The minimum atomic E-state index is -3.85. The normalized spacial score (nSPS) is 11.6. The number of esters is 1. The van der Waals surface area contributed by atoms with Crippen molar-refractivity contribution in [2.75, 3.05) is 25.9 Å². The number of carbonyl (C=O) groups excluding carboxylic acids is 1. The molecule has 0 aliphatic heterocycles. The Bertz CT molecular complexity index is 574. The van der Waals surface area contributed by atoms with Gasteiger partial charge in [0.15, 0.2) is 0 Å². The SMILES string of the molecule is CCOC(=O)CN(C)S(=O)(=O)c1ccc(Cl)cc1N. The zero-order chi connectivity index (χ0) is 14.6. The summed E-state index contributed by atoms with van der Waals surface area (Å²) in [6, 6.07) is 4.06. The Morgan fingerprint density at radius 1 is 1.47 bits per heavy atom. The van der Waals surface area contributed by atoms with E-state index in [1.807, 2.05) is 0 Å². The van der Waals surface area contributed by atoms with Crippen molar-refractivity contribution in [2.24, 2.45) is 0 Å². The first-order valence-electron chi connectivity index (χ1n) is 5.46. The first-order chi connectivity index (χ1) is 8.78. The van der Waals surface area contributed by atoms with Crippen LogP contribution in [0, 0.1) is 0 Å². The van der Waals surface area contributed by atoms with Crippen LogP contribution < -0.4 is 5.73 Å². The third-order valence-corrected chi connectivity index (χ3v) is 4.43. The lowest BCUT2D eigenvalue weighted by molar-refractivity contribution is -0.143. The third kappa shape index (κ3) is 3.82. The van der Waals surface area contributed by atoms with E-state index < -0.39 is 16.0 Å². The number of halogens is 1. The minimum absolute atomic E-state index is 0.0307. The number of rotatable bonds is 5. The van der Waals surface area contributed by atoms with Gasteiger partial charge < -0.3 is 10.5 Å². The van der Waals surface area contributed by atoms with Gasteiger partial charge in [-0.05, 0) is 25.1 Å². The van der Waals surface area contributed by atoms with Gasteiger partial charge in [-0.1, -0.05) is 11.6 Å². The van der Waals surface area contributed by atoms with Crippen LogP contribution in [0.3, 0.4) is 0 Å². The smallest absolute Gasteiger partial charge is 0.321 e. The molecule has 0 radical (unpaired) electrons. The maximum absolute atomic E-state index is 12.2. The summed E-state index contributed by atoms with van der Waals surface area (Å²) in [5.41, 5.74) is 5.66. The third-order valence-electron chi connectivity index (χ3n) is 2.32. The molecule has 106 valence electrons. The number of hydrogen-bond acceptors (Lipinski definition) is 5. The van der Waals surface area contributed by atoms with Crippen LogP contribution in [0.15, 0.2) is 23.1 Å². The number of hydrogen-bond donors (Lipinski definition) is 1. The molecule has 1 aromatic carbocycles. The van der Waals surface area contributed by atoms with Crippen molar-refractivity contribution in [2.45, 2.75) is 11.8 Å². The summed E-state index contributed by atoms with van der Waals surface area (Å²) in [4.78, 5) is 11.2. The van der Waals surface area contributed by atoms with E-state index in [0.29, 0.717) is 5.02 Å². The molecule has 0 bridgehead atoms. The van der Waals surface area contributed by atoms with E-state index in [1.165, 1.54) is 25.2 Å². The maximum Gasteiger partial charge on any atom is 0.321 e. The van der Waals surface area contributed by atoms with Gasteiger partial charge in [-0.15, -0.1) is 0 Å². The summed E-state index contributed by atoms with van der Waals surface area (Å²) in [7, 11) is -2.57. The fourth-order valence-electron chi connectivity index (χ4n) is 1.40. The summed E-state index contributed by atoms with van der Waals surface area (Å²) in [6.45, 7) is 1.46. The topological polar surface area (TPSA) is 89.7 Å². The fourth-order valence-corrected chi connectivity index (χ4v) is 2.78. The Hall–Kier alpha value is -1.31. The molecule has 0 aliphatic rings. The van der Waals surface area contributed by atoms with Crippen molar-refractivity contribution in [1.29, 1.82) is 0 Å². The Kier molecular flexibility index (Phi) is 5.16. The van der Waals surface area contributed by atoms with Crippen LogP contribution in [-0.2, 0) is 19.6 Å². The van der Waals surface area contributed by atoms with E-state index in [-0.39, 0.29) is 23.7 Å². The molecule has 0 saturated carbocycles. The van der Waals surface area contributed by atoms with E-state index in [0.717, 1.165) is 4.31 Å². The Morgan fingerprint density at radius 3 is 2.63 bits per heavy atom. The predicted molar refractivity (Wildman–Crippen MR) is 72.3 cm³/mol. The lowest BCUT2D eigenvalue weighted by atomic mass is 10.3. The predicted octanol–water partition coefficient (Wildman–Crippen LogP) is 1.11. The monoisotopic (exact) mass is 306 g/mol. The highest BCUT2D eigenvalue weighted by atomic mass is 35.5. The number of sulfonamides is 1. The van der Waals surface area contributed by atoms with Crippen LogP contribution in [0.5, 0.6) is 0 Å². The van der Waals surface area contributed by atoms with Gasteiger partial charge in [-0.3, -0.25) is 4.79 Å². The molecule has 0 aliphatic carbocycles. The molecular weight excluding hydrogens is 292 g/mol. The summed E-state index contributed by atoms with van der Waals surface area (Å²) in [6.07, 6.45) is 0. The van der Waals surface area contributed by atoms with Gasteiger partial charge in [0.05, 0.1) is 12.3 Å². The molecule has 0 aromatic heterocycles. The van der Waals surface area contributed by atoms with E-state index in [2.05, 4.69) is 0 Å². The van der Waals surface area contributed by atoms with Crippen LogP contribution >= 0.6 is 11.6 Å². The molecule has 0 heterocycles. The molecule has 1 rings (SSSR count). The molecule has 0 spiro atoms. The van der Waals surface area contributed by atoms with Gasteiger partial charge in [0.1, 0.15) is 11.4 Å². The number of anilines is 1. The molecule has 0 saturated heterocycles. The number of carbonyl (C=O) groups is 1. The molecule has 1 aromatic rings. The maximum atomic E-state index is 12.2. The second kappa shape index (κ2) is 6.23. The number of nitrogen functional groups attached to an aromatic ring is 1. The first kappa shape index (κ1) is 15.7. The van der Waals surface area contributed by atoms with Crippen molar-refractivity contribution in [1.82, 2.24) is 4.31 Å². The Morgan fingerprint density at radius 2 is 2.11 bits per heavy atom. The second-order valence-corrected chi connectivity index (χ2v) is 6.20. The molecule has 0 atom stereocenters. The Labute approximate surface area is 117 Å². The lowest BCUT2D eigenvalue weighted by Crippen LogP contribution is -2.33. The van der Waals surface area contributed by atoms with Gasteiger partial charge in [0.2, 0.25) is 10.0 Å². The minimum Gasteiger partial charge on any atom is -0.465 e. The molecule has 2 N–H and O–H groups in total. The van der Waals surface area contributed by atoms with Crippen molar-refractivity contribution in [3.05, 3.63) is 23.2 Å². The lowest BCUT2D eigenvalue weighted by Gasteiger charge is -2.17. The number of nitrogens with two attached hydrogens (primary N) is 1. The Balaban J connectivity index is 3.00. The summed E-state index contributed by atoms with van der Waals surface area (Å²) < 4.78 is 30.0. The molecule has 19 heavy (non-hydrogen) atoms. The van der Waals surface area contributed by atoms with Gasteiger partial charge in [-0.25, -0.2) is 8.42 Å². The van der Waals surface area contributed by atoms with Crippen LogP contribution in [0.2, 0.25) is 5.02 Å². The first-order valence-corrected chi connectivity index (χ1v) is 7.27. The van der Waals surface area contributed by atoms with Crippen LogP contribution in [-0.4, -0.2) is 38.9 Å². The van der Waals surface area contributed by atoms with E-state index >= 15 is 0 Å². The number of nitrogens with zero attached hydrogens (tertiary/aromatic N) is 1. The van der Waals surface area contributed by atoms with Gasteiger partial charge in [0, 0.05) is 12.1 Å². The van der Waals surface area contributed by atoms with E-state index in [4.69, 9.17) is 22.1 Å². The largest absolute Gasteiger partial charge is 0.465 e. The summed E-state index contributed by atoms with van der Waals surface area (Å²) in [5, 5.41) is 0.337. The average Bonchev–Trinajstić information content (AvgIpc) is 2.28. The molecule has 6 nitrogen and oxygen atoms in total. The molecule has 8 heteroatoms. The van der Waals surface area contributed by atoms with Crippen molar-refractivity contribution < 1.29 is 17.9 Å². The zero-order valence-electron chi connectivity index (χ0n) is 10.6. The van der Waals surface area contributed by atoms with Gasteiger partial charge in [0.25, 0.3) is 0 Å². The van der Waals surface area contributed by atoms with Crippen molar-refractivity contribution in [3.63, 3.8) is 0 Å². The van der Waals surface area contributed by atoms with Crippen LogP contribution in [0.4, 0.5) is 5.69 Å². The van der Waals surface area contributed by atoms with Gasteiger partial charge in [-0.2, -0.15) is 4.31 Å². The average molecular weight is 307 g/mol. The molecule has 0 amide bonds. The molecule has 0 unspecified atom stereocenters. The number of likely N-dealkylation sites (N-methyl/N-ethyl adjacent to an activating group) is 1. The fraction of sp³-hybridized carbons (Fsp3) is 0.364. The summed E-state index contributed by atoms with van der Waals surface area (Å²) in [5.74, 6) is -0.624. The number of ether oxygens (including phenoxy) is 1. The molecule has 0 fully saturated rings. The summed E-state index contributed by atoms with van der Waals surface area (Å²) >= 11 is 5.71. The van der Waals surface area contributed by atoms with Crippen LogP contribution in [0.25, 0.3) is 0 Å². The van der Waals surface area contributed by atoms with Crippen LogP contribution in [0.1, 0.15) is 6.92 Å². The highest BCUT2D eigenvalue weighted by molar-refractivity contribution is 7.89. The highest BCUT2D eigenvalue weighted by Crippen LogP contribution is 2.24. The number of benzene rings is 1. The quantitative estimate of drug-likeness (QED) is 0.650. The van der Waals surface area contributed by atoms with Crippen molar-refractivity contribution in [3.8, 4) is 0 Å². The van der Waals surface area contributed by atoms with E-state index in [1.54, 1.807) is 6.92 Å². The van der Waals surface area contributed by atoms with Gasteiger partial charge >= 0.3 is 5.97 Å². The second-order valence-electron chi connectivity index (χ2n) is 3.75.